The van der Waals surface area contributed by atoms with Crippen molar-refractivity contribution in [2.45, 2.75) is 20.0 Å². The van der Waals surface area contributed by atoms with E-state index >= 15 is 0 Å². The molecular formula is C14H15N3O. The van der Waals surface area contributed by atoms with Gasteiger partial charge in [-0.1, -0.05) is 18.2 Å². The van der Waals surface area contributed by atoms with Crippen molar-refractivity contribution < 1.29 is 5.11 Å². The summed E-state index contributed by atoms with van der Waals surface area (Å²) in [5, 5.41) is 9.14. The van der Waals surface area contributed by atoms with Crippen LogP contribution < -0.4 is 4.90 Å². The molecule has 92 valence electrons. The predicted molar refractivity (Wildman–Crippen MR) is 69.8 cm³/mol. The van der Waals surface area contributed by atoms with E-state index < -0.39 is 0 Å². The molecule has 0 saturated carbocycles. The number of fused-ring (bicyclic) bond motifs is 1. The number of aromatic nitrogens is 2. The van der Waals surface area contributed by atoms with Gasteiger partial charge in [-0.05, 0) is 25.0 Å². The zero-order chi connectivity index (χ0) is 12.5. The Morgan fingerprint density at radius 2 is 2.17 bits per heavy atom. The van der Waals surface area contributed by atoms with Crippen molar-refractivity contribution in [2.24, 2.45) is 0 Å². The molecule has 1 aliphatic rings. The van der Waals surface area contributed by atoms with Crippen molar-refractivity contribution in [3.63, 3.8) is 0 Å². The van der Waals surface area contributed by atoms with Gasteiger partial charge in [0.2, 0.25) is 5.95 Å². The van der Waals surface area contributed by atoms with E-state index in [2.05, 4.69) is 33.1 Å². The summed E-state index contributed by atoms with van der Waals surface area (Å²) in [7, 11) is 0. The van der Waals surface area contributed by atoms with Gasteiger partial charge in [0.25, 0.3) is 0 Å². The summed E-state index contributed by atoms with van der Waals surface area (Å²) in [6.45, 7) is 2.80. The van der Waals surface area contributed by atoms with E-state index in [1.807, 2.05) is 13.0 Å². The zero-order valence-corrected chi connectivity index (χ0v) is 10.3. The van der Waals surface area contributed by atoms with Gasteiger partial charge in [-0.3, -0.25) is 0 Å². The number of anilines is 2. The molecule has 0 saturated heterocycles. The third kappa shape index (κ3) is 1.75. The zero-order valence-electron chi connectivity index (χ0n) is 10.3. The molecule has 1 N–H and O–H groups in total. The van der Waals surface area contributed by atoms with Crippen molar-refractivity contribution >= 4 is 11.6 Å². The highest BCUT2D eigenvalue weighted by Gasteiger charge is 2.21. The van der Waals surface area contributed by atoms with Gasteiger partial charge in [-0.2, -0.15) is 0 Å². The Balaban J connectivity index is 2.00. The van der Waals surface area contributed by atoms with E-state index in [1.54, 1.807) is 6.20 Å². The highest BCUT2D eigenvalue weighted by molar-refractivity contribution is 5.65. The van der Waals surface area contributed by atoms with Crippen molar-refractivity contribution in [3.05, 3.63) is 47.3 Å². The lowest BCUT2D eigenvalue weighted by atomic mass is 10.2. The number of rotatable bonds is 2. The Morgan fingerprint density at radius 3 is 2.94 bits per heavy atom. The van der Waals surface area contributed by atoms with Crippen LogP contribution in [0.5, 0.6) is 0 Å². The highest BCUT2D eigenvalue weighted by Crippen LogP contribution is 2.32. The first-order chi connectivity index (χ1) is 8.79. The van der Waals surface area contributed by atoms with Crippen LogP contribution in [-0.2, 0) is 13.0 Å². The van der Waals surface area contributed by atoms with Crippen LogP contribution >= 0.6 is 0 Å². The normalized spacial score (nSPS) is 13.8. The van der Waals surface area contributed by atoms with E-state index in [4.69, 9.17) is 5.11 Å². The lowest BCUT2D eigenvalue weighted by molar-refractivity contribution is 0.280. The molecule has 0 radical (unpaired) electrons. The number of para-hydroxylation sites is 1. The van der Waals surface area contributed by atoms with E-state index in [0.29, 0.717) is 0 Å². The SMILES string of the molecule is Cc1nc(N2CCc3ccccc32)ncc1CO. The molecule has 0 spiro atoms. The number of aliphatic hydroxyl groups is 1. The van der Waals surface area contributed by atoms with Crippen LogP contribution in [0.1, 0.15) is 16.8 Å². The molecule has 0 atom stereocenters. The summed E-state index contributed by atoms with van der Waals surface area (Å²) in [5.74, 6) is 0.717. The Bertz CT molecular complexity index is 583. The molecule has 0 amide bonds. The van der Waals surface area contributed by atoms with Gasteiger partial charge in [0.05, 0.1) is 6.61 Å². The molecule has 4 nitrogen and oxygen atoms in total. The molecule has 4 heteroatoms. The van der Waals surface area contributed by atoms with Crippen LogP contribution in [-0.4, -0.2) is 21.6 Å². The molecule has 0 bridgehead atoms. The highest BCUT2D eigenvalue weighted by atomic mass is 16.3. The summed E-state index contributed by atoms with van der Waals surface area (Å²) >= 11 is 0. The minimum absolute atomic E-state index is 0.0112. The quantitative estimate of drug-likeness (QED) is 0.873. The monoisotopic (exact) mass is 241 g/mol. The fourth-order valence-corrected chi connectivity index (χ4v) is 2.31. The number of aryl methyl sites for hydroxylation is 1. The van der Waals surface area contributed by atoms with Gasteiger partial charge < -0.3 is 10.0 Å². The van der Waals surface area contributed by atoms with Gasteiger partial charge in [0, 0.05) is 29.7 Å². The average Bonchev–Trinajstić information content (AvgIpc) is 2.82. The molecule has 1 aliphatic heterocycles. The lowest BCUT2D eigenvalue weighted by Gasteiger charge is -2.17. The number of aliphatic hydroxyl groups excluding tert-OH is 1. The Hall–Kier alpha value is -1.94. The standard InChI is InChI=1S/C14H15N3O/c1-10-12(9-18)8-15-14(16-10)17-7-6-11-4-2-3-5-13(11)17/h2-5,8,18H,6-7,9H2,1H3. The summed E-state index contributed by atoms with van der Waals surface area (Å²) < 4.78 is 0. The largest absolute Gasteiger partial charge is 0.392 e. The molecule has 2 aromatic rings. The van der Waals surface area contributed by atoms with Gasteiger partial charge >= 0.3 is 0 Å². The van der Waals surface area contributed by atoms with Crippen LogP contribution in [0.25, 0.3) is 0 Å². The van der Waals surface area contributed by atoms with E-state index in [-0.39, 0.29) is 6.61 Å². The Morgan fingerprint density at radius 1 is 1.33 bits per heavy atom. The molecule has 0 fully saturated rings. The summed E-state index contributed by atoms with van der Waals surface area (Å²) in [5.41, 5.74) is 4.15. The summed E-state index contributed by atoms with van der Waals surface area (Å²) in [6.07, 6.45) is 2.74. The average molecular weight is 241 g/mol. The van der Waals surface area contributed by atoms with E-state index in [1.165, 1.54) is 11.3 Å². The third-order valence-corrected chi connectivity index (χ3v) is 3.37. The molecule has 2 heterocycles. The first-order valence-corrected chi connectivity index (χ1v) is 6.08. The van der Waals surface area contributed by atoms with Crippen molar-refractivity contribution in [3.8, 4) is 0 Å². The van der Waals surface area contributed by atoms with Crippen molar-refractivity contribution in [1.82, 2.24) is 9.97 Å². The molecule has 1 aromatic carbocycles. The maximum Gasteiger partial charge on any atom is 0.230 e. The fourth-order valence-electron chi connectivity index (χ4n) is 2.31. The van der Waals surface area contributed by atoms with Crippen LogP contribution in [0.15, 0.2) is 30.5 Å². The number of hydrogen-bond acceptors (Lipinski definition) is 4. The number of hydrogen-bond donors (Lipinski definition) is 1. The maximum absolute atomic E-state index is 9.14. The molecular weight excluding hydrogens is 226 g/mol. The number of benzene rings is 1. The van der Waals surface area contributed by atoms with Gasteiger partial charge in [-0.25, -0.2) is 9.97 Å². The molecule has 18 heavy (non-hydrogen) atoms. The Kier molecular flexibility index (Phi) is 2.72. The predicted octanol–water partition coefficient (Wildman–Crippen LogP) is 1.97. The molecule has 0 unspecified atom stereocenters. The molecule has 0 aliphatic carbocycles. The number of nitrogens with zero attached hydrogens (tertiary/aromatic N) is 3. The van der Waals surface area contributed by atoms with Gasteiger partial charge in [0.1, 0.15) is 0 Å². The maximum atomic E-state index is 9.14. The van der Waals surface area contributed by atoms with Gasteiger partial charge in [-0.15, -0.1) is 0 Å². The topological polar surface area (TPSA) is 49.2 Å². The van der Waals surface area contributed by atoms with Crippen LogP contribution in [0.4, 0.5) is 11.6 Å². The van der Waals surface area contributed by atoms with E-state index in [0.717, 1.165) is 30.2 Å². The second-order valence-corrected chi connectivity index (χ2v) is 4.47. The summed E-state index contributed by atoms with van der Waals surface area (Å²) in [6, 6.07) is 8.33. The lowest BCUT2D eigenvalue weighted by Crippen LogP contribution is -2.17. The van der Waals surface area contributed by atoms with Crippen LogP contribution in [0.2, 0.25) is 0 Å². The fraction of sp³-hybridized carbons (Fsp3) is 0.286. The minimum atomic E-state index is -0.0112. The summed E-state index contributed by atoms with van der Waals surface area (Å²) in [4.78, 5) is 11.0. The second-order valence-electron chi connectivity index (χ2n) is 4.47. The second kappa shape index (κ2) is 4.38. The minimum Gasteiger partial charge on any atom is -0.392 e. The first-order valence-electron chi connectivity index (χ1n) is 6.08. The van der Waals surface area contributed by atoms with Crippen molar-refractivity contribution in [2.75, 3.05) is 11.4 Å². The third-order valence-electron chi connectivity index (χ3n) is 3.37. The van der Waals surface area contributed by atoms with Gasteiger partial charge in [0.15, 0.2) is 0 Å². The molecule has 3 rings (SSSR count). The van der Waals surface area contributed by atoms with E-state index in [9.17, 15) is 0 Å². The van der Waals surface area contributed by atoms with Crippen molar-refractivity contribution in [1.29, 1.82) is 0 Å². The van der Waals surface area contributed by atoms with Crippen LogP contribution in [0, 0.1) is 6.92 Å². The molecule has 1 aromatic heterocycles. The van der Waals surface area contributed by atoms with Crippen LogP contribution in [0.3, 0.4) is 0 Å². The Labute approximate surface area is 106 Å². The smallest absolute Gasteiger partial charge is 0.230 e. The first kappa shape index (κ1) is 11.2.